The molecule has 3 rings (SSSR count). The van der Waals surface area contributed by atoms with Gasteiger partial charge in [0.25, 0.3) is 5.91 Å². The highest BCUT2D eigenvalue weighted by molar-refractivity contribution is 5.95. The van der Waals surface area contributed by atoms with Crippen molar-refractivity contribution in [3.8, 4) is 18.0 Å². The third kappa shape index (κ3) is 4.40. The minimum absolute atomic E-state index is 0.0101. The molecule has 1 aromatic heterocycles. The monoisotopic (exact) mass is 363 g/mol. The van der Waals surface area contributed by atoms with Gasteiger partial charge in [0.1, 0.15) is 0 Å². The van der Waals surface area contributed by atoms with E-state index in [-0.39, 0.29) is 17.9 Å². The van der Waals surface area contributed by atoms with Crippen LogP contribution >= 0.6 is 0 Å². The van der Waals surface area contributed by atoms with E-state index in [2.05, 4.69) is 5.92 Å². The van der Waals surface area contributed by atoms with Gasteiger partial charge in [-0.25, -0.2) is 0 Å². The Kier molecular flexibility index (Phi) is 5.97. The van der Waals surface area contributed by atoms with Crippen LogP contribution in [0.2, 0.25) is 0 Å². The number of unbranched alkanes of at least 4 members (excludes halogenated alkanes) is 1. The summed E-state index contributed by atoms with van der Waals surface area (Å²) in [5, 5.41) is 0. The summed E-state index contributed by atoms with van der Waals surface area (Å²) in [6.45, 7) is 3.68. The van der Waals surface area contributed by atoms with E-state index in [9.17, 15) is 9.59 Å². The predicted octanol–water partition coefficient (Wildman–Crippen LogP) is 2.95. The first-order valence-electron chi connectivity index (χ1n) is 9.36. The van der Waals surface area contributed by atoms with Crippen molar-refractivity contribution < 1.29 is 9.59 Å². The number of hydrogen-bond donors (Lipinski definition) is 0. The normalized spacial score (nSPS) is 16.8. The van der Waals surface area contributed by atoms with Crippen molar-refractivity contribution in [1.29, 1.82) is 0 Å². The van der Waals surface area contributed by atoms with Crippen LogP contribution in [0.1, 0.15) is 36.5 Å². The number of rotatable bonds is 5. The van der Waals surface area contributed by atoms with E-state index in [1.54, 1.807) is 0 Å². The largest absolute Gasteiger partial charge is 0.339 e. The van der Waals surface area contributed by atoms with Gasteiger partial charge in [0.05, 0.1) is 0 Å². The van der Waals surface area contributed by atoms with Gasteiger partial charge in [0.2, 0.25) is 5.91 Å². The van der Waals surface area contributed by atoms with Crippen LogP contribution in [0.5, 0.6) is 0 Å². The number of amides is 2. The zero-order valence-corrected chi connectivity index (χ0v) is 15.7. The lowest BCUT2D eigenvalue weighted by Gasteiger charge is -2.40. The SMILES string of the molecule is C#CCCCC(=O)N1CCN(C(=O)c2cccc(-n3cccc3)c2)[C@H](C)C1. The molecule has 0 unspecified atom stereocenters. The average molecular weight is 363 g/mol. The Labute approximate surface area is 160 Å². The predicted molar refractivity (Wildman–Crippen MR) is 106 cm³/mol. The molecule has 27 heavy (non-hydrogen) atoms. The lowest BCUT2D eigenvalue weighted by molar-refractivity contribution is -0.133. The second-order valence-electron chi connectivity index (χ2n) is 6.89. The smallest absolute Gasteiger partial charge is 0.254 e. The maximum atomic E-state index is 13.0. The fourth-order valence-electron chi connectivity index (χ4n) is 3.46. The molecular weight excluding hydrogens is 338 g/mol. The second-order valence-corrected chi connectivity index (χ2v) is 6.89. The quantitative estimate of drug-likeness (QED) is 0.606. The fraction of sp³-hybridized carbons (Fsp3) is 0.364. The summed E-state index contributed by atoms with van der Waals surface area (Å²) in [7, 11) is 0. The number of benzene rings is 1. The zero-order chi connectivity index (χ0) is 19.2. The van der Waals surface area contributed by atoms with Crippen LogP contribution < -0.4 is 0 Å². The van der Waals surface area contributed by atoms with Crippen LogP contribution in [0.15, 0.2) is 48.8 Å². The maximum absolute atomic E-state index is 13.0. The van der Waals surface area contributed by atoms with Crippen molar-refractivity contribution >= 4 is 11.8 Å². The summed E-state index contributed by atoms with van der Waals surface area (Å²) in [4.78, 5) is 29.0. The summed E-state index contributed by atoms with van der Waals surface area (Å²) < 4.78 is 1.98. The molecule has 0 N–H and O–H groups in total. The van der Waals surface area contributed by atoms with Gasteiger partial charge >= 0.3 is 0 Å². The molecule has 0 spiro atoms. The molecule has 0 radical (unpaired) electrons. The van der Waals surface area contributed by atoms with Gasteiger partial charge in [-0.3, -0.25) is 9.59 Å². The van der Waals surface area contributed by atoms with Gasteiger partial charge in [-0.05, 0) is 43.7 Å². The van der Waals surface area contributed by atoms with Gasteiger partial charge < -0.3 is 14.4 Å². The summed E-state index contributed by atoms with van der Waals surface area (Å²) in [6, 6.07) is 11.5. The van der Waals surface area contributed by atoms with Crippen molar-refractivity contribution in [3.05, 3.63) is 54.4 Å². The zero-order valence-electron chi connectivity index (χ0n) is 15.7. The van der Waals surface area contributed by atoms with E-state index < -0.39 is 0 Å². The van der Waals surface area contributed by atoms with Crippen LogP contribution in [0, 0.1) is 12.3 Å². The minimum atomic E-state index is -0.0157. The van der Waals surface area contributed by atoms with Gasteiger partial charge in [-0.15, -0.1) is 12.3 Å². The number of piperazine rings is 1. The van der Waals surface area contributed by atoms with E-state index >= 15 is 0 Å². The first-order chi connectivity index (χ1) is 13.1. The third-order valence-corrected chi connectivity index (χ3v) is 4.95. The van der Waals surface area contributed by atoms with E-state index in [4.69, 9.17) is 6.42 Å². The molecule has 0 bridgehead atoms. The van der Waals surface area contributed by atoms with Crippen LogP contribution in [0.4, 0.5) is 0 Å². The molecule has 1 fully saturated rings. The Hall–Kier alpha value is -3.00. The van der Waals surface area contributed by atoms with Gasteiger partial charge in [-0.2, -0.15) is 0 Å². The molecule has 1 saturated heterocycles. The van der Waals surface area contributed by atoms with Gasteiger partial charge in [0.15, 0.2) is 0 Å². The van der Waals surface area contributed by atoms with E-state index in [1.807, 2.05) is 70.1 Å². The molecule has 1 aliphatic heterocycles. The number of aromatic nitrogens is 1. The highest BCUT2D eigenvalue weighted by Gasteiger charge is 2.30. The van der Waals surface area contributed by atoms with Crippen LogP contribution in [-0.2, 0) is 4.79 Å². The molecule has 2 amide bonds. The third-order valence-electron chi connectivity index (χ3n) is 4.95. The Bertz CT molecular complexity index is 835. The molecule has 5 heteroatoms. The first-order valence-corrected chi connectivity index (χ1v) is 9.36. The average Bonchev–Trinajstić information content (AvgIpc) is 3.22. The lowest BCUT2D eigenvalue weighted by Crippen LogP contribution is -2.55. The summed E-state index contributed by atoms with van der Waals surface area (Å²) in [5.41, 5.74) is 1.63. The second kappa shape index (κ2) is 8.59. The lowest BCUT2D eigenvalue weighted by atomic mass is 10.1. The van der Waals surface area contributed by atoms with E-state index in [0.717, 1.165) is 12.1 Å². The Morgan fingerprint density at radius 2 is 1.96 bits per heavy atom. The van der Waals surface area contributed by atoms with E-state index in [1.165, 1.54) is 0 Å². The van der Waals surface area contributed by atoms with Crippen molar-refractivity contribution in [2.45, 2.75) is 32.2 Å². The number of hydrogen-bond acceptors (Lipinski definition) is 2. The number of nitrogens with zero attached hydrogens (tertiary/aromatic N) is 3. The highest BCUT2D eigenvalue weighted by atomic mass is 16.2. The molecule has 2 aromatic rings. The minimum Gasteiger partial charge on any atom is -0.339 e. The Balaban J connectivity index is 1.64. The topological polar surface area (TPSA) is 45.6 Å². The van der Waals surface area contributed by atoms with Crippen molar-refractivity contribution in [1.82, 2.24) is 14.4 Å². The maximum Gasteiger partial charge on any atom is 0.254 e. The highest BCUT2D eigenvalue weighted by Crippen LogP contribution is 2.18. The molecule has 0 saturated carbocycles. The molecule has 140 valence electrons. The standard InChI is InChI=1S/C22H25N3O2/c1-3-4-5-11-21(26)24-14-15-25(18(2)17-24)22(27)19-9-8-10-20(16-19)23-12-6-7-13-23/h1,6-10,12-13,16,18H,4-5,11,14-15,17H2,2H3/t18-/m1/s1. The van der Waals surface area contributed by atoms with Crippen LogP contribution in [0.25, 0.3) is 5.69 Å². The molecule has 5 nitrogen and oxygen atoms in total. The number of carbonyl (C=O) groups excluding carboxylic acids is 2. The Morgan fingerprint density at radius 3 is 2.67 bits per heavy atom. The molecular formula is C22H25N3O2. The number of terminal acetylenes is 1. The van der Waals surface area contributed by atoms with Gasteiger partial charge in [0, 0.05) is 62.2 Å². The first kappa shape index (κ1) is 18.8. The fourth-order valence-corrected chi connectivity index (χ4v) is 3.46. The molecule has 1 atom stereocenters. The molecule has 1 aromatic carbocycles. The molecule has 2 heterocycles. The summed E-state index contributed by atoms with van der Waals surface area (Å²) >= 11 is 0. The van der Waals surface area contributed by atoms with Crippen molar-refractivity contribution in [3.63, 3.8) is 0 Å². The summed E-state index contributed by atoms with van der Waals surface area (Å²) in [6.07, 6.45) is 11.0. The van der Waals surface area contributed by atoms with Crippen molar-refractivity contribution in [2.24, 2.45) is 0 Å². The molecule has 1 aliphatic rings. The van der Waals surface area contributed by atoms with Crippen molar-refractivity contribution in [2.75, 3.05) is 19.6 Å². The summed E-state index contributed by atoms with van der Waals surface area (Å²) in [5.74, 6) is 2.70. The molecule has 0 aliphatic carbocycles. The van der Waals surface area contributed by atoms with E-state index in [0.29, 0.717) is 38.0 Å². The van der Waals surface area contributed by atoms with Gasteiger partial charge in [-0.1, -0.05) is 6.07 Å². The number of carbonyl (C=O) groups is 2. The van der Waals surface area contributed by atoms with Crippen LogP contribution in [0.3, 0.4) is 0 Å². The van der Waals surface area contributed by atoms with Crippen LogP contribution in [-0.4, -0.2) is 51.9 Å². The Morgan fingerprint density at radius 1 is 1.19 bits per heavy atom.